The van der Waals surface area contributed by atoms with Gasteiger partial charge in [-0.25, -0.2) is 0 Å². The van der Waals surface area contributed by atoms with Crippen LogP contribution in [0.25, 0.3) is 0 Å². The molecule has 0 spiro atoms. The molecule has 0 aromatic heterocycles. The molecule has 1 fully saturated rings. The number of aliphatic hydroxyl groups excluding tert-OH is 1. The molecular formula is C9H17NO3. The molecule has 1 saturated carbocycles. The third-order valence-corrected chi connectivity index (χ3v) is 2.78. The van der Waals surface area contributed by atoms with E-state index in [1.165, 1.54) is 0 Å². The summed E-state index contributed by atoms with van der Waals surface area (Å²) < 4.78 is 0. The quantitative estimate of drug-likeness (QED) is 0.544. The second-order valence-electron chi connectivity index (χ2n) is 3.73. The Morgan fingerprint density at radius 3 is 2.54 bits per heavy atom. The van der Waals surface area contributed by atoms with Gasteiger partial charge in [-0.15, -0.1) is 0 Å². The molecule has 0 aromatic carbocycles. The minimum Gasteiger partial charge on any atom is -0.480 e. The van der Waals surface area contributed by atoms with E-state index in [0.29, 0.717) is 6.42 Å². The Labute approximate surface area is 77.7 Å². The summed E-state index contributed by atoms with van der Waals surface area (Å²) in [6.07, 6.45) is 3.90. The summed E-state index contributed by atoms with van der Waals surface area (Å²) in [5, 5.41) is 18.3. The number of hydrogen-bond donors (Lipinski definition) is 3. The first-order chi connectivity index (χ1) is 6.13. The van der Waals surface area contributed by atoms with Crippen molar-refractivity contribution < 1.29 is 15.0 Å². The van der Waals surface area contributed by atoms with Gasteiger partial charge in [0.2, 0.25) is 0 Å². The van der Waals surface area contributed by atoms with Crippen molar-refractivity contribution in [2.45, 2.75) is 44.2 Å². The third kappa shape index (κ3) is 2.67. The van der Waals surface area contributed by atoms with Crippen molar-refractivity contribution in [2.75, 3.05) is 0 Å². The fraction of sp³-hybridized carbons (Fsp3) is 0.889. The Morgan fingerprint density at radius 1 is 1.31 bits per heavy atom. The van der Waals surface area contributed by atoms with Gasteiger partial charge in [0.05, 0.1) is 6.10 Å². The number of hydrogen-bond acceptors (Lipinski definition) is 3. The van der Waals surface area contributed by atoms with Gasteiger partial charge in [0.25, 0.3) is 0 Å². The highest BCUT2D eigenvalue weighted by Gasteiger charge is 2.31. The van der Waals surface area contributed by atoms with Crippen LogP contribution in [-0.2, 0) is 4.79 Å². The Hall–Kier alpha value is -0.610. The summed E-state index contributed by atoms with van der Waals surface area (Å²) in [6.45, 7) is 0. The van der Waals surface area contributed by atoms with Gasteiger partial charge in [-0.1, -0.05) is 19.3 Å². The maximum absolute atomic E-state index is 10.6. The smallest absolute Gasteiger partial charge is 0.320 e. The molecule has 0 heterocycles. The van der Waals surface area contributed by atoms with Crippen molar-refractivity contribution in [1.82, 2.24) is 0 Å². The van der Waals surface area contributed by atoms with Crippen molar-refractivity contribution >= 4 is 5.97 Å². The molecule has 4 N–H and O–H groups in total. The van der Waals surface area contributed by atoms with Crippen LogP contribution in [0.15, 0.2) is 0 Å². The van der Waals surface area contributed by atoms with E-state index in [2.05, 4.69) is 0 Å². The summed E-state index contributed by atoms with van der Waals surface area (Å²) in [4.78, 5) is 10.6. The Kier molecular flexibility index (Phi) is 3.69. The lowest BCUT2D eigenvalue weighted by Gasteiger charge is -2.23. The molecular weight excluding hydrogens is 170 g/mol. The van der Waals surface area contributed by atoms with E-state index in [-0.39, 0.29) is 5.92 Å². The number of carbonyl (C=O) groups is 1. The average molecular weight is 187 g/mol. The van der Waals surface area contributed by atoms with Crippen molar-refractivity contribution in [3.8, 4) is 0 Å². The van der Waals surface area contributed by atoms with E-state index in [9.17, 15) is 9.90 Å². The molecule has 4 nitrogen and oxygen atoms in total. The summed E-state index contributed by atoms with van der Waals surface area (Å²) in [5.74, 6) is -1.27. The van der Waals surface area contributed by atoms with Crippen molar-refractivity contribution in [2.24, 2.45) is 11.7 Å². The molecule has 1 aliphatic carbocycles. The lowest BCUT2D eigenvalue weighted by Crippen LogP contribution is -2.43. The van der Waals surface area contributed by atoms with Crippen molar-refractivity contribution in [3.63, 3.8) is 0 Å². The highest BCUT2D eigenvalue weighted by atomic mass is 16.4. The zero-order chi connectivity index (χ0) is 9.84. The highest BCUT2D eigenvalue weighted by Crippen LogP contribution is 2.25. The minimum atomic E-state index is -1.01. The fourth-order valence-corrected chi connectivity index (χ4v) is 1.92. The van der Waals surface area contributed by atoms with Crippen LogP contribution in [-0.4, -0.2) is 28.3 Å². The first kappa shape index (κ1) is 10.5. The summed E-state index contributed by atoms with van der Waals surface area (Å²) in [6, 6.07) is -0.909. The number of aliphatic carboxylic acids is 1. The topological polar surface area (TPSA) is 83.6 Å². The molecule has 3 atom stereocenters. The number of aliphatic hydroxyl groups is 1. The predicted octanol–water partition coefficient (Wildman–Crippen LogP) is 0.339. The van der Waals surface area contributed by atoms with Gasteiger partial charge < -0.3 is 15.9 Å². The molecule has 76 valence electrons. The molecule has 0 saturated heterocycles. The molecule has 1 aliphatic rings. The van der Waals surface area contributed by atoms with Crippen LogP contribution in [0.5, 0.6) is 0 Å². The van der Waals surface area contributed by atoms with Crippen LogP contribution in [0.1, 0.15) is 32.1 Å². The third-order valence-electron chi connectivity index (χ3n) is 2.78. The van der Waals surface area contributed by atoms with Gasteiger partial charge in [0, 0.05) is 5.92 Å². The lowest BCUT2D eigenvalue weighted by atomic mass is 9.90. The van der Waals surface area contributed by atoms with Gasteiger partial charge in [-0.3, -0.25) is 4.79 Å². The van der Waals surface area contributed by atoms with Crippen LogP contribution < -0.4 is 5.73 Å². The number of carboxylic acids is 1. The summed E-state index contributed by atoms with van der Waals surface area (Å²) in [5.41, 5.74) is 5.49. The van der Waals surface area contributed by atoms with E-state index >= 15 is 0 Å². The number of rotatable bonds is 2. The van der Waals surface area contributed by atoms with Gasteiger partial charge in [0.1, 0.15) is 6.04 Å². The summed E-state index contributed by atoms with van der Waals surface area (Å²) >= 11 is 0. The average Bonchev–Trinajstić information content (AvgIpc) is 2.28. The first-order valence-corrected chi connectivity index (χ1v) is 4.79. The lowest BCUT2D eigenvalue weighted by molar-refractivity contribution is -0.141. The van der Waals surface area contributed by atoms with Gasteiger partial charge >= 0.3 is 5.97 Å². The normalized spacial score (nSPS) is 32.2. The Bertz CT molecular complexity index is 184. The second-order valence-corrected chi connectivity index (χ2v) is 3.73. The zero-order valence-electron chi connectivity index (χ0n) is 7.65. The summed E-state index contributed by atoms with van der Waals surface area (Å²) in [7, 11) is 0. The monoisotopic (exact) mass is 187 g/mol. The van der Waals surface area contributed by atoms with E-state index in [4.69, 9.17) is 10.8 Å². The molecule has 4 heteroatoms. The van der Waals surface area contributed by atoms with E-state index in [1.54, 1.807) is 0 Å². The Balaban J connectivity index is 2.58. The molecule has 0 aromatic rings. The molecule has 13 heavy (non-hydrogen) atoms. The van der Waals surface area contributed by atoms with Gasteiger partial charge in [-0.05, 0) is 12.8 Å². The maximum Gasteiger partial charge on any atom is 0.320 e. The van der Waals surface area contributed by atoms with Gasteiger partial charge in [0.15, 0.2) is 0 Å². The van der Waals surface area contributed by atoms with Crippen LogP contribution in [0.4, 0.5) is 0 Å². The standard InChI is InChI=1S/C9H17NO3/c10-8(9(12)13)6-4-2-1-3-5-7(6)11/h6-8,11H,1-5,10H2,(H,12,13)/t6?,7?,8-/m1/s1. The predicted molar refractivity (Wildman–Crippen MR) is 48.2 cm³/mol. The Morgan fingerprint density at radius 2 is 1.92 bits per heavy atom. The molecule has 2 unspecified atom stereocenters. The van der Waals surface area contributed by atoms with E-state index in [0.717, 1.165) is 25.7 Å². The van der Waals surface area contributed by atoms with Crippen molar-refractivity contribution in [3.05, 3.63) is 0 Å². The molecule has 0 bridgehead atoms. The van der Waals surface area contributed by atoms with E-state index < -0.39 is 18.1 Å². The minimum absolute atomic E-state index is 0.264. The van der Waals surface area contributed by atoms with Crippen molar-refractivity contribution in [1.29, 1.82) is 0 Å². The SMILES string of the molecule is N[C@@H](C(=O)O)C1CCCCCC1O. The molecule has 1 rings (SSSR count). The van der Waals surface area contributed by atoms with Gasteiger partial charge in [-0.2, -0.15) is 0 Å². The number of nitrogens with two attached hydrogens (primary N) is 1. The molecule has 0 amide bonds. The van der Waals surface area contributed by atoms with Crippen LogP contribution in [0.3, 0.4) is 0 Å². The van der Waals surface area contributed by atoms with Crippen LogP contribution in [0, 0.1) is 5.92 Å². The number of carboxylic acid groups (broad SMARTS) is 1. The van der Waals surface area contributed by atoms with Crippen LogP contribution >= 0.6 is 0 Å². The van der Waals surface area contributed by atoms with E-state index in [1.807, 2.05) is 0 Å². The fourth-order valence-electron chi connectivity index (χ4n) is 1.92. The first-order valence-electron chi connectivity index (χ1n) is 4.79. The zero-order valence-corrected chi connectivity index (χ0v) is 7.65. The highest BCUT2D eigenvalue weighted by molar-refractivity contribution is 5.73. The van der Waals surface area contributed by atoms with Crippen LogP contribution in [0.2, 0.25) is 0 Å². The molecule has 0 aliphatic heterocycles. The maximum atomic E-state index is 10.6. The molecule has 0 radical (unpaired) electrons. The second kappa shape index (κ2) is 4.58. The largest absolute Gasteiger partial charge is 0.480 e.